The number of aromatic nitrogens is 4. The Balaban J connectivity index is 1.49. The molecule has 20 heavy (non-hydrogen) atoms. The summed E-state index contributed by atoms with van der Waals surface area (Å²) in [5.41, 5.74) is 1.83. The van der Waals surface area contributed by atoms with Gasteiger partial charge in [0.2, 0.25) is 0 Å². The number of nitrogens with zero attached hydrogens (tertiary/aromatic N) is 5. The third-order valence-electron chi connectivity index (χ3n) is 4.44. The van der Waals surface area contributed by atoms with Crippen LogP contribution < -0.4 is 0 Å². The smallest absolute Gasteiger partial charge is 0.131 e. The molecule has 0 bridgehead atoms. The molecule has 2 aromatic rings. The van der Waals surface area contributed by atoms with E-state index in [1.54, 1.807) is 12.3 Å². The SMILES string of the molecule is Clc1cc2nnn(C3CCN(CC4CC4)CC3)c2cn1. The van der Waals surface area contributed by atoms with Crippen LogP contribution >= 0.6 is 11.6 Å². The summed E-state index contributed by atoms with van der Waals surface area (Å²) >= 11 is 5.89. The van der Waals surface area contributed by atoms with Crippen LogP contribution in [-0.4, -0.2) is 44.5 Å². The number of piperidine rings is 1. The molecule has 106 valence electrons. The fourth-order valence-corrected chi connectivity index (χ4v) is 3.25. The lowest BCUT2D eigenvalue weighted by Crippen LogP contribution is -2.36. The van der Waals surface area contributed by atoms with Gasteiger partial charge in [-0.2, -0.15) is 0 Å². The van der Waals surface area contributed by atoms with E-state index in [0.717, 1.165) is 29.8 Å². The second-order valence-corrected chi connectivity index (χ2v) is 6.39. The summed E-state index contributed by atoms with van der Waals surface area (Å²) in [6.07, 6.45) is 6.94. The van der Waals surface area contributed by atoms with Gasteiger partial charge in [-0.15, -0.1) is 5.10 Å². The standard InChI is InChI=1S/C14H18ClN5/c15-14-7-12-13(8-16-14)20(18-17-12)11-3-5-19(6-4-11)9-10-1-2-10/h7-8,10-11H,1-6,9H2. The molecular formula is C14H18ClN5. The molecule has 0 atom stereocenters. The highest BCUT2D eigenvalue weighted by Crippen LogP contribution is 2.32. The molecule has 2 aromatic heterocycles. The lowest BCUT2D eigenvalue weighted by Gasteiger charge is -2.31. The maximum absolute atomic E-state index is 5.89. The van der Waals surface area contributed by atoms with E-state index in [1.165, 1.54) is 32.5 Å². The molecule has 0 aromatic carbocycles. The van der Waals surface area contributed by atoms with E-state index < -0.39 is 0 Å². The topological polar surface area (TPSA) is 46.8 Å². The third kappa shape index (κ3) is 2.40. The lowest BCUT2D eigenvalue weighted by molar-refractivity contribution is 0.175. The molecule has 6 heteroatoms. The molecule has 1 aliphatic heterocycles. The second kappa shape index (κ2) is 4.97. The van der Waals surface area contributed by atoms with E-state index >= 15 is 0 Å². The molecule has 0 N–H and O–H groups in total. The molecule has 0 spiro atoms. The molecule has 5 nitrogen and oxygen atoms in total. The van der Waals surface area contributed by atoms with E-state index in [4.69, 9.17) is 11.6 Å². The van der Waals surface area contributed by atoms with Crippen molar-refractivity contribution in [2.75, 3.05) is 19.6 Å². The van der Waals surface area contributed by atoms with Gasteiger partial charge in [0.15, 0.2) is 0 Å². The average molecular weight is 292 g/mol. The van der Waals surface area contributed by atoms with E-state index in [0.29, 0.717) is 11.2 Å². The van der Waals surface area contributed by atoms with Crippen LogP contribution in [0.5, 0.6) is 0 Å². The van der Waals surface area contributed by atoms with Gasteiger partial charge in [-0.3, -0.25) is 0 Å². The normalized spacial score (nSPS) is 21.6. The van der Waals surface area contributed by atoms with Crippen LogP contribution in [0, 0.1) is 5.92 Å². The minimum absolute atomic E-state index is 0.443. The summed E-state index contributed by atoms with van der Waals surface area (Å²) in [7, 11) is 0. The van der Waals surface area contributed by atoms with Crippen LogP contribution in [0.4, 0.5) is 0 Å². The van der Waals surface area contributed by atoms with Crippen molar-refractivity contribution in [1.29, 1.82) is 0 Å². The van der Waals surface area contributed by atoms with E-state index in [-0.39, 0.29) is 0 Å². The molecule has 0 unspecified atom stereocenters. The summed E-state index contributed by atoms with van der Waals surface area (Å²) < 4.78 is 2.03. The van der Waals surface area contributed by atoms with Gasteiger partial charge in [0.1, 0.15) is 16.2 Å². The molecule has 1 aliphatic carbocycles. The number of fused-ring (bicyclic) bond motifs is 1. The summed E-state index contributed by atoms with van der Waals surface area (Å²) in [4.78, 5) is 6.75. The van der Waals surface area contributed by atoms with Gasteiger partial charge >= 0.3 is 0 Å². The number of pyridine rings is 1. The van der Waals surface area contributed by atoms with Gasteiger partial charge in [-0.1, -0.05) is 16.8 Å². The number of halogens is 1. The Morgan fingerprint density at radius 2 is 2.00 bits per heavy atom. The van der Waals surface area contributed by atoms with Gasteiger partial charge in [0.05, 0.1) is 12.2 Å². The van der Waals surface area contributed by atoms with Crippen molar-refractivity contribution in [2.24, 2.45) is 5.92 Å². The van der Waals surface area contributed by atoms with Crippen LogP contribution in [0.3, 0.4) is 0 Å². The van der Waals surface area contributed by atoms with Gasteiger partial charge in [-0.05, 0) is 31.6 Å². The fourth-order valence-electron chi connectivity index (χ4n) is 3.10. The van der Waals surface area contributed by atoms with E-state index in [2.05, 4.69) is 20.2 Å². The highest BCUT2D eigenvalue weighted by molar-refractivity contribution is 6.29. The predicted molar refractivity (Wildman–Crippen MR) is 77.8 cm³/mol. The Bertz CT molecular complexity index is 613. The molecule has 2 fully saturated rings. The van der Waals surface area contributed by atoms with Crippen LogP contribution in [0.1, 0.15) is 31.7 Å². The van der Waals surface area contributed by atoms with Crippen molar-refractivity contribution < 1.29 is 0 Å². The van der Waals surface area contributed by atoms with Crippen molar-refractivity contribution in [1.82, 2.24) is 24.9 Å². The minimum atomic E-state index is 0.443. The largest absolute Gasteiger partial charge is 0.303 e. The van der Waals surface area contributed by atoms with E-state index in [9.17, 15) is 0 Å². The summed E-state index contributed by atoms with van der Waals surface area (Å²) in [6.45, 7) is 3.63. The Kier molecular flexibility index (Phi) is 3.11. The van der Waals surface area contributed by atoms with Crippen LogP contribution in [0.15, 0.2) is 12.3 Å². The van der Waals surface area contributed by atoms with Crippen molar-refractivity contribution >= 4 is 22.6 Å². The third-order valence-corrected chi connectivity index (χ3v) is 4.65. The van der Waals surface area contributed by atoms with Gasteiger partial charge in [-0.25, -0.2) is 9.67 Å². The Morgan fingerprint density at radius 3 is 2.75 bits per heavy atom. The quantitative estimate of drug-likeness (QED) is 0.815. The molecule has 3 heterocycles. The molecule has 2 aliphatic rings. The summed E-state index contributed by atoms with van der Waals surface area (Å²) in [5, 5.41) is 8.99. The molecular weight excluding hydrogens is 274 g/mol. The molecule has 4 rings (SSSR count). The van der Waals surface area contributed by atoms with Crippen molar-refractivity contribution in [2.45, 2.75) is 31.7 Å². The van der Waals surface area contributed by atoms with Gasteiger partial charge < -0.3 is 4.90 Å². The molecule has 1 saturated heterocycles. The average Bonchev–Trinajstić information content (AvgIpc) is 3.17. The van der Waals surface area contributed by atoms with Gasteiger partial charge in [0, 0.05) is 25.7 Å². The zero-order valence-corrected chi connectivity index (χ0v) is 12.1. The minimum Gasteiger partial charge on any atom is -0.303 e. The maximum Gasteiger partial charge on any atom is 0.131 e. The lowest BCUT2D eigenvalue weighted by atomic mass is 10.0. The van der Waals surface area contributed by atoms with Crippen molar-refractivity contribution in [3.8, 4) is 0 Å². The Hall–Kier alpha value is -1.20. The first-order chi connectivity index (χ1) is 9.79. The second-order valence-electron chi connectivity index (χ2n) is 6.00. The van der Waals surface area contributed by atoms with Crippen molar-refractivity contribution in [3.05, 3.63) is 17.4 Å². The Labute approximate surface area is 122 Å². The maximum atomic E-state index is 5.89. The zero-order valence-electron chi connectivity index (χ0n) is 11.4. The van der Waals surface area contributed by atoms with Crippen LogP contribution in [-0.2, 0) is 0 Å². The molecule has 0 amide bonds. The highest BCUT2D eigenvalue weighted by atomic mass is 35.5. The monoisotopic (exact) mass is 291 g/mol. The van der Waals surface area contributed by atoms with Gasteiger partial charge in [0.25, 0.3) is 0 Å². The number of likely N-dealkylation sites (tertiary alicyclic amines) is 1. The van der Waals surface area contributed by atoms with Crippen molar-refractivity contribution in [3.63, 3.8) is 0 Å². The number of rotatable bonds is 3. The first kappa shape index (κ1) is 12.5. The number of hydrogen-bond acceptors (Lipinski definition) is 4. The van der Waals surface area contributed by atoms with Crippen LogP contribution in [0.25, 0.3) is 11.0 Å². The highest BCUT2D eigenvalue weighted by Gasteiger charge is 2.28. The Morgan fingerprint density at radius 1 is 1.20 bits per heavy atom. The van der Waals surface area contributed by atoms with Crippen LogP contribution in [0.2, 0.25) is 5.15 Å². The molecule has 0 radical (unpaired) electrons. The number of hydrogen-bond donors (Lipinski definition) is 0. The predicted octanol–water partition coefficient (Wildman–Crippen LogP) is 2.53. The first-order valence-corrected chi connectivity index (χ1v) is 7.76. The summed E-state index contributed by atoms with van der Waals surface area (Å²) in [5.74, 6) is 0.977. The van der Waals surface area contributed by atoms with E-state index in [1.807, 2.05) is 4.68 Å². The first-order valence-electron chi connectivity index (χ1n) is 7.38. The molecule has 1 saturated carbocycles. The summed E-state index contributed by atoms with van der Waals surface area (Å²) in [6, 6.07) is 2.22. The zero-order chi connectivity index (χ0) is 13.5. The fraction of sp³-hybridized carbons (Fsp3) is 0.643.